The van der Waals surface area contributed by atoms with E-state index in [9.17, 15) is 9.59 Å². The topological polar surface area (TPSA) is 80.1 Å². The van der Waals surface area contributed by atoms with Gasteiger partial charge >= 0.3 is 0 Å². The van der Waals surface area contributed by atoms with E-state index in [1.54, 1.807) is 6.92 Å². The van der Waals surface area contributed by atoms with Crippen LogP contribution in [-0.2, 0) is 16.0 Å². The number of likely N-dealkylation sites (tertiary alicyclic amines) is 1. The first-order valence-corrected chi connectivity index (χ1v) is 10.1. The molecule has 1 aromatic heterocycles. The summed E-state index contributed by atoms with van der Waals surface area (Å²) in [7, 11) is 0. The van der Waals surface area contributed by atoms with Crippen LogP contribution < -0.4 is 5.32 Å². The highest BCUT2D eigenvalue weighted by molar-refractivity contribution is 5.81. The third kappa shape index (κ3) is 3.35. The fourth-order valence-electron chi connectivity index (χ4n) is 4.77. The zero-order valence-corrected chi connectivity index (χ0v) is 15.6. The fraction of sp³-hybridized carbons (Fsp3) is 0.789. The van der Waals surface area contributed by atoms with Crippen molar-refractivity contribution in [3.05, 3.63) is 11.6 Å². The Morgan fingerprint density at radius 2 is 1.73 bits per heavy atom. The van der Waals surface area contributed by atoms with Crippen LogP contribution in [0.3, 0.4) is 0 Å². The van der Waals surface area contributed by atoms with Crippen LogP contribution in [0.4, 0.5) is 0 Å². The summed E-state index contributed by atoms with van der Waals surface area (Å²) < 4.78 is 2.10. The van der Waals surface area contributed by atoms with E-state index in [1.807, 2.05) is 4.90 Å². The SMILES string of the molecule is CC(=O)N1CCC(c2nnc3n2C(C(=O)NC2CCCCC2)CC3)CC1. The van der Waals surface area contributed by atoms with Crippen molar-refractivity contribution >= 4 is 11.8 Å². The average Bonchev–Trinajstić information content (AvgIpc) is 3.24. The zero-order valence-electron chi connectivity index (χ0n) is 15.6. The van der Waals surface area contributed by atoms with Crippen LogP contribution in [-0.4, -0.2) is 50.6 Å². The van der Waals surface area contributed by atoms with Crippen LogP contribution in [0.25, 0.3) is 0 Å². The Labute approximate surface area is 154 Å². The molecule has 142 valence electrons. The average molecular weight is 359 g/mol. The quantitative estimate of drug-likeness (QED) is 0.894. The van der Waals surface area contributed by atoms with Crippen molar-refractivity contribution in [3.8, 4) is 0 Å². The van der Waals surface area contributed by atoms with Gasteiger partial charge in [0.2, 0.25) is 11.8 Å². The number of amides is 2. The van der Waals surface area contributed by atoms with Crippen LogP contribution in [0.2, 0.25) is 0 Å². The Morgan fingerprint density at radius 3 is 2.42 bits per heavy atom. The Kier molecular flexibility index (Phi) is 4.96. The number of carbonyl (C=O) groups excluding carboxylic acids is 2. The Bertz CT molecular complexity index is 671. The standard InChI is InChI=1S/C19H29N5O2/c1-13(25)23-11-9-14(10-12-23)18-22-21-17-8-7-16(24(17)18)19(26)20-15-5-3-2-4-6-15/h14-16H,2-12H2,1H3,(H,20,26). The summed E-state index contributed by atoms with van der Waals surface area (Å²) in [5, 5.41) is 12.1. The molecular weight excluding hydrogens is 330 g/mol. The van der Waals surface area contributed by atoms with Crippen LogP contribution >= 0.6 is 0 Å². The van der Waals surface area contributed by atoms with E-state index < -0.39 is 0 Å². The summed E-state index contributed by atoms with van der Waals surface area (Å²) >= 11 is 0. The zero-order chi connectivity index (χ0) is 18.1. The molecule has 2 fully saturated rings. The summed E-state index contributed by atoms with van der Waals surface area (Å²) in [6, 6.07) is 0.168. The Hall–Kier alpha value is -1.92. The molecule has 0 spiro atoms. The van der Waals surface area contributed by atoms with Crippen molar-refractivity contribution in [2.75, 3.05) is 13.1 Å². The molecule has 3 aliphatic rings. The number of nitrogens with zero attached hydrogens (tertiary/aromatic N) is 4. The number of fused-ring (bicyclic) bond motifs is 1. The largest absolute Gasteiger partial charge is 0.352 e. The van der Waals surface area contributed by atoms with Crippen molar-refractivity contribution < 1.29 is 9.59 Å². The number of hydrogen-bond acceptors (Lipinski definition) is 4. The molecule has 1 aliphatic carbocycles. The maximum Gasteiger partial charge on any atom is 0.243 e. The van der Waals surface area contributed by atoms with Gasteiger partial charge in [-0.3, -0.25) is 9.59 Å². The fourth-order valence-corrected chi connectivity index (χ4v) is 4.77. The number of carbonyl (C=O) groups is 2. The van der Waals surface area contributed by atoms with Crippen molar-refractivity contribution in [2.45, 2.75) is 82.7 Å². The monoisotopic (exact) mass is 359 g/mol. The van der Waals surface area contributed by atoms with Gasteiger partial charge in [0, 0.05) is 38.4 Å². The first kappa shape index (κ1) is 17.5. The van der Waals surface area contributed by atoms with Gasteiger partial charge in [-0.05, 0) is 32.1 Å². The van der Waals surface area contributed by atoms with Crippen molar-refractivity contribution in [3.63, 3.8) is 0 Å². The molecule has 1 saturated carbocycles. The second-order valence-electron chi connectivity index (χ2n) is 8.02. The van der Waals surface area contributed by atoms with E-state index in [0.717, 1.165) is 63.3 Å². The van der Waals surface area contributed by atoms with Gasteiger partial charge in [-0.1, -0.05) is 19.3 Å². The summed E-state index contributed by atoms with van der Waals surface area (Å²) in [5.41, 5.74) is 0. The van der Waals surface area contributed by atoms with Gasteiger partial charge in [0.1, 0.15) is 17.7 Å². The highest BCUT2D eigenvalue weighted by Crippen LogP contribution is 2.34. The third-order valence-corrected chi connectivity index (χ3v) is 6.31. The summed E-state index contributed by atoms with van der Waals surface area (Å²) in [4.78, 5) is 26.4. The highest BCUT2D eigenvalue weighted by Gasteiger charge is 2.36. The molecule has 7 nitrogen and oxygen atoms in total. The second-order valence-corrected chi connectivity index (χ2v) is 8.02. The van der Waals surface area contributed by atoms with E-state index in [0.29, 0.717) is 6.04 Å². The maximum atomic E-state index is 12.9. The summed E-state index contributed by atoms with van der Waals surface area (Å²) in [6.45, 7) is 3.16. The molecule has 2 aliphatic heterocycles. The predicted molar refractivity (Wildman–Crippen MR) is 96.6 cm³/mol. The Morgan fingerprint density at radius 1 is 1.00 bits per heavy atom. The molecule has 1 atom stereocenters. The van der Waals surface area contributed by atoms with E-state index in [-0.39, 0.29) is 23.8 Å². The molecule has 0 bridgehead atoms. The van der Waals surface area contributed by atoms with Gasteiger partial charge in [-0.2, -0.15) is 0 Å². The van der Waals surface area contributed by atoms with Gasteiger partial charge in [0.15, 0.2) is 0 Å². The predicted octanol–water partition coefficient (Wildman–Crippen LogP) is 1.94. The number of rotatable bonds is 3. The molecule has 1 N–H and O–H groups in total. The molecule has 1 aromatic rings. The first-order chi connectivity index (χ1) is 12.6. The van der Waals surface area contributed by atoms with Gasteiger partial charge in [0.25, 0.3) is 0 Å². The van der Waals surface area contributed by atoms with Gasteiger partial charge < -0.3 is 14.8 Å². The molecule has 7 heteroatoms. The van der Waals surface area contributed by atoms with Crippen LogP contribution in [0.15, 0.2) is 0 Å². The third-order valence-electron chi connectivity index (χ3n) is 6.31. The first-order valence-electron chi connectivity index (χ1n) is 10.1. The smallest absolute Gasteiger partial charge is 0.243 e. The molecule has 0 aromatic carbocycles. The van der Waals surface area contributed by atoms with Gasteiger partial charge in [-0.25, -0.2) is 0 Å². The minimum Gasteiger partial charge on any atom is -0.352 e. The normalized spacial score (nSPS) is 24.5. The van der Waals surface area contributed by atoms with Crippen LogP contribution in [0.1, 0.15) is 81.9 Å². The minimum absolute atomic E-state index is 0.137. The number of hydrogen-bond donors (Lipinski definition) is 1. The number of nitrogens with one attached hydrogen (secondary N) is 1. The van der Waals surface area contributed by atoms with E-state index >= 15 is 0 Å². The van der Waals surface area contributed by atoms with Crippen LogP contribution in [0.5, 0.6) is 0 Å². The van der Waals surface area contributed by atoms with Gasteiger partial charge in [0.05, 0.1) is 0 Å². The second kappa shape index (κ2) is 7.37. The van der Waals surface area contributed by atoms with Crippen LogP contribution in [0, 0.1) is 0 Å². The molecule has 4 rings (SSSR count). The maximum absolute atomic E-state index is 12.9. The lowest BCUT2D eigenvalue weighted by Crippen LogP contribution is -2.41. The molecule has 2 amide bonds. The lowest BCUT2D eigenvalue weighted by molar-refractivity contribution is -0.129. The molecular formula is C19H29N5O2. The summed E-state index contributed by atoms with van der Waals surface area (Å²) in [6.07, 6.45) is 9.36. The highest BCUT2D eigenvalue weighted by atomic mass is 16.2. The summed E-state index contributed by atoms with van der Waals surface area (Å²) in [5.74, 6) is 2.45. The van der Waals surface area contributed by atoms with Crippen molar-refractivity contribution in [2.24, 2.45) is 0 Å². The van der Waals surface area contributed by atoms with E-state index in [2.05, 4.69) is 20.1 Å². The van der Waals surface area contributed by atoms with Gasteiger partial charge in [-0.15, -0.1) is 10.2 Å². The molecule has 1 unspecified atom stereocenters. The lowest BCUT2D eigenvalue weighted by atomic mass is 9.94. The Balaban J connectivity index is 1.45. The number of piperidine rings is 1. The minimum atomic E-state index is -0.164. The lowest BCUT2D eigenvalue weighted by Gasteiger charge is -2.31. The number of aryl methyl sites for hydroxylation is 1. The number of aromatic nitrogens is 3. The van der Waals surface area contributed by atoms with Crippen molar-refractivity contribution in [1.29, 1.82) is 0 Å². The molecule has 1 saturated heterocycles. The molecule has 26 heavy (non-hydrogen) atoms. The molecule has 0 radical (unpaired) electrons. The van der Waals surface area contributed by atoms with Crippen molar-refractivity contribution in [1.82, 2.24) is 25.0 Å². The van der Waals surface area contributed by atoms with E-state index in [1.165, 1.54) is 19.3 Å². The molecule has 3 heterocycles. The van der Waals surface area contributed by atoms with E-state index in [4.69, 9.17) is 0 Å².